The molecule has 2 aromatic carbocycles. The summed E-state index contributed by atoms with van der Waals surface area (Å²) < 4.78 is 38.3. The van der Waals surface area contributed by atoms with Gasteiger partial charge in [0.2, 0.25) is 5.88 Å². The van der Waals surface area contributed by atoms with Gasteiger partial charge in [-0.05, 0) is 73.5 Å². The number of nitrogens with zero attached hydrogens (tertiary/aromatic N) is 1. The smallest absolute Gasteiger partial charge is 0.261 e. The highest BCUT2D eigenvalue weighted by Crippen LogP contribution is 2.23. The molecular weight excluding hydrogens is 430 g/mol. The molecule has 9 heteroatoms. The van der Waals surface area contributed by atoms with Gasteiger partial charge >= 0.3 is 0 Å². The number of methoxy groups -OCH3 is 1. The first-order valence-electron chi connectivity index (χ1n) is 9.88. The molecule has 2 N–H and O–H groups in total. The lowest BCUT2D eigenvalue weighted by atomic mass is 10.1. The minimum Gasteiger partial charge on any atom is -0.474 e. The number of ether oxygens (including phenoxy) is 2. The van der Waals surface area contributed by atoms with Crippen molar-refractivity contribution < 1.29 is 22.7 Å². The Morgan fingerprint density at radius 2 is 1.75 bits per heavy atom. The van der Waals surface area contributed by atoms with E-state index in [1.54, 1.807) is 43.6 Å². The highest BCUT2D eigenvalue weighted by atomic mass is 32.2. The van der Waals surface area contributed by atoms with E-state index < -0.39 is 10.0 Å². The van der Waals surface area contributed by atoms with Crippen molar-refractivity contribution in [1.29, 1.82) is 0 Å². The minimum atomic E-state index is -3.74. The lowest BCUT2D eigenvalue weighted by molar-refractivity contribution is 0.102. The Balaban J connectivity index is 1.69. The van der Waals surface area contributed by atoms with Gasteiger partial charge in [0.25, 0.3) is 15.9 Å². The molecule has 0 bridgehead atoms. The highest BCUT2D eigenvalue weighted by Gasteiger charge is 2.16. The predicted octanol–water partition coefficient (Wildman–Crippen LogP) is 3.78. The quantitative estimate of drug-likeness (QED) is 0.476. The van der Waals surface area contributed by atoms with Crippen LogP contribution in [0.5, 0.6) is 5.88 Å². The Bertz CT molecular complexity index is 1190. The zero-order valence-electron chi connectivity index (χ0n) is 18.1. The summed E-state index contributed by atoms with van der Waals surface area (Å²) in [6, 6.07) is 14.5. The van der Waals surface area contributed by atoms with E-state index in [0.717, 1.165) is 11.1 Å². The van der Waals surface area contributed by atoms with E-state index in [2.05, 4.69) is 15.0 Å². The topological polar surface area (TPSA) is 107 Å². The number of hydrogen-bond donors (Lipinski definition) is 2. The second-order valence-electron chi connectivity index (χ2n) is 7.08. The molecule has 0 aliphatic heterocycles. The average Bonchev–Trinajstić information content (AvgIpc) is 2.77. The molecule has 0 saturated heterocycles. The molecule has 1 aromatic heterocycles. The molecule has 0 aliphatic carbocycles. The van der Waals surface area contributed by atoms with Crippen molar-refractivity contribution >= 4 is 27.3 Å². The van der Waals surface area contributed by atoms with Crippen LogP contribution in [0, 0.1) is 13.8 Å². The van der Waals surface area contributed by atoms with Crippen LogP contribution in [0.4, 0.5) is 11.4 Å². The maximum atomic E-state index is 12.7. The van der Waals surface area contributed by atoms with Gasteiger partial charge in [-0.25, -0.2) is 13.4 Å². The van der Waals surface area contributed by atoms with Crippen molar-refractivity contribution in [3.8, 4) is 5.88 Å². The van der Waals surface area contributed by atoms with E-state index in [1.165, 1.54) is 24.3 Å². The zero-order chi connectivity index (χ0) is 23.1. The van der Waals surface area contributed by atoms with Crippen LogP contribution in [0.2, 0.25) is 0 Å². The van der Waals surface area contributed by atoms with Crippen molar-refractivity contribution in [2.75, 3.05) is 30.4 Å². The summed E-state index contributed by atoms with van der Waals surface area (Å²) in [6.07, 6.45) is 1.56. The van der Waals surface area contributed by atoms with Gasteiger partial charge in [0.1, 0.15) is 12.3 Å². The monoisotopic (exact) mass is 455 g/mol. The molecule has 0 aliphatic rings. The summed E-state index contributed by atoms with van der Waals surface area (Å²) in [5.74, 6) is -0.0890. The molecule has 3 aromatic rings. The number of sulfonamides is 1. The van der Waals surface area contributed by atoms with Gasteiger partial charge in [-0.3, -0.25) is 9.52 Å². The number of nitrogens with one attached hydrogen (secondary N) is 2. The Labute approximate surface area is 187 Å². The Hall–Kier alpha value is -3.43. The normalized spacial score (nSPS) is 11.1. The first-order valence-corrected chi connectivity index (χ1v) is 11.4. The first kappa shape index (κ1) is 23.2. The van der Waals surface area contributed by atoms with Crippen LogP contribution in [0.25, 0.3) is 0 Å². The molecule has 168 valence electrons. The fourth-order valence-electron chi connectivity index (χ4n) is 2.80. The average molecular weight is 456 g/mol. The van der Waals surface area contributed by atoms with Gasteiger partial charge in [-0.2, -0.15) is 0 Å². The van der Waals surface area contributed by atoms with E-state index in [4.69, 9.17) is 9.47 Å². The molecule has 3 rings (SSSR count). The van der Waals surface area contributed by atoms with E-state index in [9.17, 15) is 13.2 Å². The van der Waals surface area contributed by atoms with E-state index in [-0.39, 0.29) is 16.7 Å². The number of aromatic nitrogens is 1. The summed E-state index contributed by atoms with van der Waals surface area (Å²) in [6.45, 7) is 4.47. The number of benzene rings is 2. The fraction of sp³-hybridized carbons (Fsp3) is 0.217. The summed E-state index contributed by atoms with van der Waals surface area (Å²) in [4.78, 5) is 16.9. The lowest BCUT2D eigenvalue weighted by Gasteiger charge is -2.12. The Morgan fingerprint density at radius 1 is 1.00 bits per heavy atom. The summed E-state index contributed by atoms with van der Waals surface area (Å²) >= 11 is 0. The second kappa shape index (κ2) is 10.3. The summed E-state index contributed by atoms with van der Waals surface area (Å²) in [7, 11) is -2.17. The van der Waals surface area contributed by atoms with E-state index >= 15 is 0 Å². The van der Waals surface area contributed by atoms with Gasteiger partial charge in [0.05, 0.1) is 11.5 Å². The van der Waals surface area contributed by atoms with E-state index in [0.29, 0.717) is 30.2 Å². The maximum absolute atomic E-state index is 12.7. The number of anilines is 2. The molecule has 1 amide bonds. The van der Waals surface area contributed by atoms with Crippen molar-refractivity contribution in [2.24, 2.45) is 0 Å². The molecular formula is C23H25N3O5S. The third kappa shape index (κ3) is 5.83. The van der Waals surface area contributed by atoms with E-state index in [1.807, 2.05) is 13.8 Å². The number of carbonyl (C=O) groups is 1. The fourth-order valence-corrected chi connectivity index (χ4v) is 3.95. The van der Waals surface area contributed by atoms with Crippen LogP contribution in [0.1, 0.15) is 21.5 Å². The Kier molecular flexibility index (Phi) is 7.45. The van der Waals surface area contributed by atoms with Crippen LogP contribution < -0.4 is 14.8 Å². The minimum absolute atomic E-state index is 0.181. The van der Waals surface area contributed by atoms with Gasteiger partial charge in [0.15, 0.2) is 0 Å². The zero-order valence-corrected chi connectivity index (χ0v) is 18.9. The van der Waals surface area contributed by atoms with Crippen LogP contribution in [-0.2, 0) is 14.8 Å². The summed E-state index contributed by atoms with van der Waals surface area (Å²) in [5, 5.41) is 2.75. The molecule has 0 saturated carbocycles. The highest BCUT2D eigenvalue weighted by molar-refractivity contribution is 7.92. The molecule has 0 fully saturated rings. The number of carbonyl (C=O) groups excluding carboxylic acids is 1. The maximum Gasteiger partial charge on any atom is 0.261 e. The van der Waals surface area contributed by atoms with Gasteiger partial charge in [-0.1, -0.05) is 6.07 Å². The van der Waals surface area contributed by atoms with Crippen LogP contribution in [-0.4, -0.2) is 39.6 Å². The predicted molar refractivity (Wildman–Crippen MR) is 123 cm³/mol. The third-order valence-electron chi connectivity index (χ3n) is 4.73. The molecule has 0 unspecified atom stereocenters. The SMILES string of the molecule is COCCOc1ncccc1NC(=O)c1ccc(NS(=O)(=O)c2ccc(C)c(C)c2)cc1. The van der Waals surface area contributed by atoms with Crippen LogP contribution in [0.15, 0.2) is 65.7 Å². The van der Waals surface area contributed by atoms with Crippen LogP contribution in [0.3, 0.4) is 0 Å². The van der Waals surface area contributed by atoms with Gasteiger partial charge < -0.3 is 14.8 Å². The molecule has 0 radical (unpaired) electrons. The number of aryl methyl sites for hydroxylation is 2. The largest absolute Gasteiger partial charge is 0.474 e. The second-order valence-corrected chi connectivity index (χ2v) is 8.76. The van der Waals surface area contributed by atoms with Crippen LogP contribution >= 0.6 is 0 Å². The standard InChI is InChI=1S/C23H25N3O5S/c1-16-6-11-20(15-17(16)2)32(28,29)26-19-9-7-18(8-10-19)22(27)25-21-5-4-12-24-23(21)31-14-13-30-3/h4-12,15,26H,13-14H2,1-3H3,(H,25,27). The Morgan fingerprint density at radius 3 is 2.44 bits per heavy atom. The third-order valence-corrected chi connectivity index (χ3v) is 6.11. The molecule has 0 spiro atoms. The van der Waals surface area contributed by atoms with Crippen molar-refractivity contribution in [3.63, 3.8) is 0 Å². The molecule has 0 atom stereocenters. The number of rotatable bonds is 9. The molecule has 1 heterocycles. The van der Waals surface area contributed by atoms with Gasteiger partial charge in [-0.15, -0.1) is 0 Å². The lowest BCUT2D eigenvalue weighted by Crippen LogP contribution is -2.15. The number of amides is 1. The number of hydrogen-bond acceptors (Lipinski definition) is 6. The first-order chi connectivity index (χ1) is 15.3. The van der Waals surface area contributed by atoms with Crippen molar-refractivity contribution in [1.82, 2.24) is 4.98 Å². The number of pyridine rings is 1. The molecule has 8 nitrogen and oxygen atoms in total. The van der Waals surface area contributed by atoms with Gasteiger partial charge in [0, 0.05) is 24.6 Å². The molecule has 32 heavy (non-hydrogen) atoms. The summed E-state index contributed by atoms with van der Waals surface area (Å²) in [5.41, 5.74) is 3.03. The van der Waals surface area contributed by atoms with Crippen molar-refractivity contribution in [3.05, 3.63) is 77.5 Å². The van der Waals surface area contributed by atoms with Crippen molar-refractivity contribution in [2.45, 2.75) is 18.7 Å².